The van der Waals surface area contributed by atoms with E-state index in [2.05, 4.69) is 14.9 Å². The van der Waals surface area contributed by atoms with E-state index in [4.69, 9.17) is 0 Å². The van der Waals surface area contributed by atoms with Gasteiger partial charge in [0.15, 0.2) is 0 Å². The molecule has 2 unspecified atom stereocenters. The normalized spacial score (nSPS) is 20.8. The van der Waals surface area contributed by atoms with E-state index in [1.165, 1.54) is 6.07 Å². The standard InChI is InChI=1S/C16H26FN3OS/c1-3-11-22(21)20-10-9-19-12-13(20)7-8-14-15(17)5-4-6-16(14)18-2/h4-6,13,18-19H,3,7-12H2,1-2H3. The van der Waals surface area contributed by atoms with Crippen molar-refractivity contribution in [1.29, 1.82) is 0 Å². The van der Waals surface area contributed by atoms with Crippen molar-refractivity contribution in [3.8, 4) is 0 Å². The van der Waals surface area contributed by atoms with Crippen molar-refractivity contribution in [2.75, 3.05) is 37.8 Å². The van der Waals surface area contributed by atoms with Crippen LogP contribution >= 0.6 is 0 Å². The highest BCUT2D eigenvalue weighted by molar-refractivity contribution is 7.82. The number of benzene rings is 1. The highest BCUT2D eigenvalue weighted by atomic mass is 32.2. The molecule has 1 aliphatic rings. The maximum Gasteiger partial charge on any atom is 0.128 e. The Balaban J connectivity index is 2.04. The first-order valence-corrected chi connectivity index (χ1v) is 9.26. The van der Waals surface area contributed by atoms with Gasteiger partial charge in [0.1, 0.15) is 5.82 Å². The summed E-state index contributed by atoms with van der Waals surface area (Å²) in [6.45, 7) is 4.54. The summed E-state index contributed by atoms with van der Waals surface area (Å²) >= 11 is 0. The summed E-state index contributed by atoms with van der Waals surface area (Å²) in [5.74, 6) is 0.537. The van der Waals surface area contributed by atoms with Crippen LogP contribution in [0.15, 0.2) is 18.2 Å². The van der Waals surface area contributed by atoms with Gasteiger partial charge in [0.05, 0.1) is 11.0 Å². The fourth-order valence-corrected chi connectivity index (χ4v) is 4.30. The number of piperazine rings is 1. The highest BCUT2D eigenvalue weighted by Gasteiger charge is 2.26. The Kier molecular flexibility index (Phi) is 6.79. The van der Waals surface area contributed by atoms with Crippen LogP contribution in [0.2, 0.25) is 0 Å². The molecule has 2 atom stereocenters. The number of rotatable bonds is 7. The molecule has 1 aromatic rings. The van der Waals surface area contributed by atoms with E-state index in [1.54, 1.807) is 6.07 Å². The van der Waals surface area contributed by atoms with Crippen molar-refractivity contribution < 1.29 is 8.60 Å². The topological polar surface area (TPSA) is 44.4 Å². The second-order valence-electron chi connectivity index (χ2n) is 5.58. The number of nitrogens with one attached hydrogen (secondary N) is 2. The number of nitrogens with zero attached hydrogens (tertiary/aromatic N) is 1. The average Bonchev–Trinajstić information content (AvgIpc) is 2.54. The van der Waals surface area contributed by atoms with E-state index in [1.807, 2.05) is 20.0 Å². The summed E-state index contributed by atoms with van der Waals surface area (Å²) in [6, 6.07) is 5.31. The smallest absolute Gasteiger partial charge is 0.128 e. The second kappa shape index (κ2) is 8.60. The molecule has 0 saturated carbocycles. The van der Waals surface area contributed by atoms with Crippen LogP contribution in [0.25, 0.3) is 0 Å². The highest BCUT2D eigenvalue weighted by Crippen LogP contribution is 2.22. The van der Waals surface area contributed by atoms with Gasteiger partial charge in [0.2, 0.25) is 0 Å². The van der Waals surface area contributed by atoms with Crippen LogP contribution in [-0.2, 0) is 17.4 Å². The molecule has 2 N–H and O–H groups in total. The average molecular weight is 327 g/mol. The summed E-state index contributed by atoms with van der Waals surface area (Å²) in [5.41, 5.74) is 1.56. The molecular weight excluding hydrogens is 301 g/mol. The van der Waals surface area contributed by atoms with Crippen LogP contribution in [0.1, 0.15) is 25.3 Å². The van der Waals surface area contributed by atoms with E-state index < -0.39 is 11.0 Å². The van der Waals surface area contributed by atoms with E-state index in [9.17, 15) is 8.60 Å². The Morgan fingerprint density at radius 1 is 1.50 bits per heavy atom. The Morgan fingerprint density at radius 3 is 3.05 bits per heavy atom. The molecule has 0 aliphatic carbocycles. The quantitative estimate of drug-likeness (QED) is 0.806. The first kappa shape index (κ1) is 17.4. The van der Waals surface area contributed by atoms with Crippen LogP contribution in [0, 0.1) is 5.82 Å². The Morgan fingerprint density at radius 2 is 2.32 bits per heavy atom. The first-order valence-electron chi connectivity index (χ1n) is 7.98. The van der Waals surface area contributed by atoms with Crippen molar-refractivity contribution in [2.24, 2.45) is 0 Å². The van der Waals surface area contributed by atoms with E-state index in [0.29, 0.717) is 12.2 Å². The lowest BCUT2D eigenvalue weighted by atomic mass is 10.0. The van der Waals surface area contributed by atoms with E-state index in [0.717, 1.165) is 43.7 Å². The molecule has 0 radical (unpaired) electrons. The summed E-state index contributed by atoms with van der Waals surface area (Å²) < 4.78 is 28.5. The van der Waals surface area contributed by atoms with Crippen LogP contribution < -0.4 is 10.6 Å². The molecule has 124 valence electrons. The van der Waals surface area contributed by atoms with Gasteiger partial charge in [-0.1, -0.05) is 13.0 Å². The molecule has 1 saturated heterocycles. The Labute approximate surface area is 135 Å². The van der Waals surface area contributed by atoms with Gasteiger partial charge in [-0.15, -0.1) is 0 Å². The summed E-state index contributed by atoms with van der Waals surface area (Å²) in [5, 5.41) is 6.40. The van der Waals surface area contributed by atoms with Crippen LogP contribution in [-0.4, -0.2) is 47.0 Å². The fraction of sp³-hybridized carbons (Fsp3) is 0.625. The number of hydrogen-bond acceptors (Lipinski definition) is 3. The monoisotopic (exact) mass is 327 g/mol. The minimum absolute atomic E-state index is 0.170. The predicted octanol–water partition coefficient (Wildman–Crippen LogP) is 2.15. The minimum Gasteiger partial charge on any atom is -0.388 e. The maximum atomic E-state index is 14.0. The largest absolute Gasteiger partial charge is 0.388 e. The molecule has 2 rings (SSSR count). The van der Waals surface area contributed by atoms with Crippen molar-refractivity contribution in [3.05, 3.63) is 29.6 Å². The van der Waals surface area contributed by atoms with Crippen molar-refractivity contribution in [1.82, 2.24) is 9.62 Å². The number of hydrogen-bond donors (Lipinski definition) is 2. The zero-order valence-corrected chi connectivity index (χ0v) is 14.2. The third kappa shape index (κ3) is 4.27. The number of halogens is 1. The van der Waals surface area contributed by atoms with Crippen LogP contribution in [0.3, 0.4) is 0 Å². The zero-order valence-electron chi connectivity index (χ0n) is 13.4. The van der Waals surface area contributed by atoms with Crippen LogP contribution in [0.4, 0.5) is 10.1 Å². The van der Waals surface area contributed by atoms with E-state index in [-0.39, 0.29) is 11.9 Å². The maximum absolute atomic E-state index is 14.0. The Bertz CT molecular complexity index is 512. The number of anilines is 1. The van der Waals surface area contributed by atoms with Crippen molar-refractivity contribution in [3.63, 3.8) is 0 Å². The summed E-state index contributed by atoms with van der Waals surface area (Å²) in [7, 11) is 0.886. The van der Waals surface area contributed by atoms with Gasteiger partial charge in [-0.2, -0.15) is 0 Å². The van der Waals surface area contributed by atoms with Gasteiger partial charge in [0, 0.05) is 49.7 Å². The van der Waals surface area contributed by atoms with Crippen molar-refractivity contribution in [2.45, 2.75) is 32.2 Å². The molecule has 0 amide bonds. The van der Waals surface area contributed by atoms with Crippen molar-refractivity contribution >= 4 is 16.7 Å². The third-order valence-corrected chi connectivity index (χ3v) is 5.81. The molecule has 0 spiro atoms. The molecular formula is C16H26FN3OS. The van der Waals surface area contributed by atoms with Gasteiger partial charge in [-0.3, -0.25) is 0 Å². The molecule has 1 fully saturated rings. The second-order valence-corrected chi connectivity index (χ2v) is 7.10. The SMILES string of the molecule is CCCS(=O)N1CCNCC1CCc1c(F)cccc1NC. The molecule has 0 bridgehead atoms. The molecule has 1 heterocycles. The fourth-order valence-electron chi connectivity index (χ4n) is 2.91. The molecule has 0 aromatic heterocycles. The molecule has 22 heavy (non-hydrogen) atoms. The van der Waals surface area contributed by atoms with Gasteiger partial charge in [-0.05, 0) is 31.4 Å². The van der Waals surface area contributed by atoms with Gasteiger partial charge >= 0.3 is 0 Å². The molecule has 4 nitrogen and oxygen atoms in total. The molecule has 6 heteroatoms. The zero-order chi connectivity index (χ0) is 15.9. The van der Waals surface area contributed by atoms with E-state index >= 15 is 0 Å². The summed E-state index contributed by atoms with van der Waals surface area (Å²) in [4.78, 5) is 0. The lowest BCUT2D eigenvalue weighted by Gasteiger charge is -2.35. The minimum atomic E-state index is -0.923. The van der Waals surface area contributed by atoms with Gasteiger partial charge in [0.25, 0.3) is 0 Å². The lowest BCUT2D eigenvalue weighted by molar-refractivity contribution is 0.267. The summed E-state index contributed by atoms with van der Waals surface area (Å²) in [6.07, 6.45) is 2.37. The molecule has 1 aromatic carbocycles. The van der Waals surface area contributed by atoms with Gasteiger partial charge in [-0.25, -0.2) is 12.9 Å². The first-order chi connectivity index (χ1) is 10.7. The van der Waals surface area contributed by atoms with Crippen LogP contribution in [0.5, 0.6) is 0 Å². The molecule has 1 aliphatic heterocycles. The predicted molar refractivity (Wildman–Crippen MR) is 90.9 cm³/mol. The Hall–Kier alpha value is -0.980. The van der Waals surface area contributed by atoms with Gasteiger partial charge < -0.3 is 10.6 Å². The lowest BCUT2D eigenvalue weighted by Crippen LogP contribution is -2.52. The third-order valence-electron chi connectivity index (χ3n) is 4.05.